The Bertz CT molecular complexity index is 145. The largest absolute Gasteiger partial charge is 0.177 e. The molecule has 2 atom stereocenters. The molecular weight excluding hydrogens is 265 g/mol. The third-order valence-electron chi connectivity index (χ3n) is 1.67. The second-order valence-electron chi connectivity index (χ2n) is 3.72. The second-order valence-corrected chi connectivity index (χ2v) is 5.44. The molecule has 0 amide bonds. The van der Waals surface area contributed by atoms with E-state index >= 15 is 0 Å². The third kappa shape index (κ3) is 4.52. The van der Waals surface area contributed by atoms with Crippen LogP contribution in [0.25, 0.3) is 0 Å². The highest BCUT2D eigenvalue weighted by molar-refractivity contribution is 14.1. The summed E-state index contributed by atoms with van der Waals surface area (Å²) in [5, 5.41) is 0. The smallest absolute Gasteiger partial charge is 0.155 e. The topological polar surface area (TPSA) is 0 Å². The molecule has 0 bridgehead atoms. The van der Waals surface area contributed by atoms with Crippen LogP contribution in [0, 0.1) is 5.41 Å². The molecule has 0 nitrogen and oxygen atoms in total. The Morgan fingerprint density at radius 2 is 2.18 bits per heavy atom. The van der Waals surface area contributed by atoms with Crippen LogP contribution in [0.15, 0.2) is 12.2 Å². The molecule has 1 radical (unpaired) electrons. The first-order valence-corrected chi connectivity index (χ1v) is 5.65. The first kappa shape index (κ1) is 12.0. The number of rotatable bonds is 4. The standard InChI is InChI=1S/C8H16BIP/c1-6(2)5-8(3,4)7(10)9-11/h7H,1,5,11H2,2-4H3. The molecule has 11 heavy (non-hydrogen) atoms. The minimum atomic E-state index is 0.341. The van der Waals surface area contributed by atoms with E-state index in [1.54, 1.807) is 0 Å². The highest BCUT2D eigenvalue weighted by atomic mass is 127. The molecule has 0 heterocycles. The molecule has 0 N–H and O–H groups in total. The summed E-state index contributed by atoms with van der Waals surface area (Å²) in [6.07, 6.45) is 1.10. The molecule has 0 spiro atoms. The van der Waals surface area contributed by atoms with Crippen molar-refractivity contribution in [2.75, 3.05) is 0 Å². The van der Waals surface area contributed by atoms with Gasteiger partial charge >= 0.3 is 0 Å². The normalized spacial score (nSPS) is 14.3. The van der Waals surface area contributed by atoms with Gasteiger partial charge in [0.25, 0.3) is 0 Å². The van der Waals surface area contributed by atoms with Gasteiger partial charge in [-0.3, -0.25) is 0 Å². The molecule has 0 fully saturated rings. The molecule has 0 saturated heterocycles. The molecule has 0 aromatic heterocycles. The predicted molar refractivity (Wildman–Crippen MR) is 66.5 cm³/mol. The van der Waals surface area contributed by atoms with E-state index in [0.717, 1.165) is 6.42 Å². The van der Waals surface area contributed by atoms with Gasteiger partial charge in [-0.1, -0.05) is 42.0 Å². The van der Waals surface area contributed by atoms with E-state index in [-0.39, 0.29) is 0 Å². The fraction of sp³-hybridized carbons (Fsp3) is 0.750. The molecule has 0 aromatic carbocycles. The van der Waals surface area contributed by atoms with E-state index in [1.807, 2.05) is 0 Å². The Labute approximate surface area is 87.1 Å². The Morgan fingerprint density at radius 3 is 2.45 bits per heavy atom. The molecular formula is C8H16BIP. The molecule has 0 rings (SSSR count). The maximum Gasteiger partial charge on any atom is 0.155 e. The van der Waals surface area contributed by atoms with E-state index < -0.39 is 0 Å². The van der Waals surface area contributed by atoms with Gasteiger partial charge in [0.05, 0.1) is 0 Å². The molecule has 0 aliphatic carbocycles. The van der Waals surface area contributed by atoms with Gasteiger partial charge in [0.1, 0.15) is 0 Å². The van der Waals surface area contributed by atoms with E-state index in [1.165, 1.54) is 5.57 Å². The van der Waals surface area contributed by atoms with Crippen LogP contribution in [0.5, 0.6) is 0 Å². The average molecular weight is 281 g/mol. The number of hydrogen-bond donors (Lipinski definition) is 0. The van der Waals surface area contributed by atoms with Crippen LogP contribution in [0.3, 0.4) is 0 Å². The molecule has 63 valence electrons. The van der Waals surface area contributed by atoms with Crippen molar-refractivity contribution in [1.82, 2.24) is 0 Å². The molecule has 3 heteroatoms. The van der Waals surface area contributed by atoms with Crippen LogP contribution in [0.4, 0.5) is 0 Å². The Hall–Kier alpha value is 0.965. The van der Waals surface area contributed by atoms with Crippen LogP contribution in [-0.2, 0) is 0 Å². The number of allylic oxidation sites excluding steroid dienone is 1. The average Bonchev–Trinajstić information content (AvgIpc) is 1.83. The van der Waals surface area contributed by atoms with Gasteiger partial charge in [-0.2, -0.15) is 9.12 Å². The summed E-state index contributed by atoms with van der Waals surface area (Å²) in [4.78, 5) is 0. The van der Waals surface area contributed by atoms with Crippen molar-refractivity contribution in [3.63, 3.8) is 0 Å². The lowest BCUT2D eigenvalue weighted by Crippen LogP contribution is -2.27. The van der Waals surface area contributed by atoms with E-state index in [0.29, 0.717) is 9.24 Å². The van der Waals surface area contributed by atoms with Gasteiger partial charge in [-0.25, -0.2) is 0 Å². The molecule has 2 unspecified atom stereocenters. The summed E-state index contributed by atoms with van der Waals surface area (Å²) in [5.41, 5.74) is 1.61. The quantitative estimate of drug-likeness (QED) is 0.244. The van der Waals surface area contributed by atoms with Gasteiger partial charge in [0, 0.05) is 0 Å². The number of hydrogen-bond acceptors (Lipinski definition) is 0. The monoisotopic (exact) mass is 281 g/mol. The lowest BCUT2D eigenvalue weighted by atomic mass is 9.74. The van der Waals surface area contributed by atoms with Gasteiger partial charge in [0.2, 0.25) is 0 Å². The zero-order valence-electron chi connectivity index (χ0n) is 7.52. The Morgan fingerprint density at radius 1 is 1.73 bits per heavy atom. The maximum absolute atomic E-state index is 3.93. The summed E-state index contributed by atoms with van der Waals surface area (Å²) in [6, 6.07) is 0. The third-order valence-corrected chi connectivity index (χ3v) is 4.94. The summed E-state index contributed by atoms with van der Waals surface area (Å²) >= 11 is 2.46. The molecule has 0 aliphatic heterocycles. The van der Waals surface area contributed by atoms with Crippen LogP contribution in [0.2, 0.25) is 0 Å². The van der Waals surface area contributed by atoms with E-state index in [2.05, 4.69) is 66.1 Å². The fourth-order valence-corrected chi connectivity index (χ4v) is 1.88. The number of alkyl halides is 1. The first-order chi connectivity index (χ1) is 4.90. The van der Waals surface area contributed by atoms with Crippen LogP contribution < -0.4 is 0 Å². The van der Waals surface area contributed by atoms with Crippen molar-refractivity contribution in [2.45, 2.75) is 31.0 Å². The summed E-state index contributed by atoms with van der Waals surface area (Å²) in [5.74, 6) is 0. The SMILES string of the molecule is C=C(C)CC(C)(C)C(I)[B]P. The van der Waals surface area contributed by atoms with E-state index in [4.69, 9.17) is 0 Å². The van der Waals surface area contributed by atoms with Gasteiger partial charge in [0.15, 0.2) is 7.00 Å². The van der Waals surface area contributed by atoms with Crippen molar-refractivity contribution < 1.29 is 0 Å². The Kier molecular flexibility index (Phi) is 5.29. The molecule has 0 saturated carbocycles. The lowest BCUT2D eigenvalue weighted by Gasteiger charge is -2.29. The van der Waals surface area contributed by atoms with Gasteiger partial charge < -0.3 is 0 Å². The predicted octanol–water partition coefficient (Wildman–Crippen LogP) is 3.23. The van der Waals surface area contributed by atoms with Crippen LogP contribution >= 0.6 is 31.7 Å². The summed E-state index contributed by atoms with van der Waals surface area (Å²) in [6.45, 7) is 12.7. The van der Waals surface area contributed by atoms with E-state index in [9.17, 15) is 0 Å². The highest BCUT2D eigenvalue weighted by Gasteiger charge is 2.25. The highest BCUT2D eigenvalue weighted by Crippen LogP contribution is 2.33. The van der Waals surface area contributed by atoms with Crippen molar-refractivity contribution in [2.24, 2.45) is 5.41 Å². The van der Waals surface area contributed by atoms with Crippen LogP contribution in [-0.4, -0.2) is 10.8 Å². The molecule has 0 aliphatic rings. The lowest BCUT2D eigenvalue weighted by molar-refractivity contribution is 0.406. The summed E-state index contributed by atoms with van der Waals surface area (Å²) in [7, 11) is 2.68. The Balaban J connectivity index is 4.08. The zero-order valence-corrected chi connectivity index (χ0v) is 10.8. The van der Waals surface area contributed by atoms with Gasteiger partial charge in [-0.15, -0.1) is 6.58 Å². The van der Waals surface area contributed by atoms with Gasteiger partial charge in [-0.05, 0) is 22.6 Å². The summed E-state index contributed by atoms with van der Waals surface area (Å²) < 4.78 is 0.599. The van der Waals surface area contributed by atoms with Crippen LogP contribution in [0.1, 0.15) is 27.2 Å². The molecule has 0 aromatic rings. The fourth-order valence-electron chi connectivity index (χ4n) is 1.14. The van der Waals surface area contributed by atoms with Crippen molar-refractivity contribution in [3.8, 4) is 0 Å². The van der Waals surface area contributed by atoms with Crippen molar-refractivity contribution >= 4 is 38.7 Å². The maximum atomic E-state index is 3.93. The van der Waals surface area contributed by atoms with Crippen molar-refractivity contribution in [1.29, 1.82) is 0 Å². The second kappa shape index (κ2) is 4.86. The minimum absolute atomic E-state index is 0.341. The number of halogens is 1. The van der Waals surface area contributed by atoms with Crippen molar-refractivity contribution in [3.05, 3.63) is 12.2 Å². The minimum Gasteiger partial charge on any atom is -0.177 e. The zero-order chi connectivity index (χ0) is 9.07. The first-order valence-electron chi connectivity index (χ1n) is 3.73.